The molecule has 0 aliphatic carbocycles. The molecule has 0 spiro atoms. The summed E-state index contributed by atoms with van der Waals surface area (Å²) in [6.07, 6.45) is 1.76. The summed E-state index contributed by atoms with van der Waals surface area (Å²) in [6.45, 7) is 5.12. The van der Waals surface area contributed by atoms with Gasteiger partial charge in [0, 0.05) is 21.4 Å². The van der Waals surface area contributed by atoms with Gasteiger partial charge in [0.15, 0.2) is 0 Å². The Kier molecular flexibility index (Phi) is 5.15. The molecule has 1 atom stereocenters. The normalized spacial score (nSPS) is 12.2. The molecule has 1 N–H and O–H groups in total. The van der Waals surface area contributed by atoms with Crippen LogP contribution < -0.4 is 10.1 Å². The number of hydrogen-bond donors (Lipinski definition) is 1. The zero-order valence-corrected chi connectivity index (χ0v) is 13.2. The van der Waals surface area contributed by atoms with Gasteiger partial charge in [0.05, 0.1) is 0 Å². The van der Waals surface area contributed by atoms with Crippen LogP contribution in [0.3, 0.4) is 0 Å². The number of nitrogens with one attached hydrogen (secondary N) is 1. The Bertz CT molecular complexity index is 545. The summed E-state index contributed by atoms with van der Waals surface area (Å²) in [7, 11) is 0. The minimum Gasteiger partial charge on any atom is -0.439 e. The minimum absolute atomic E-state index is 0.219. The third kappa shape index (κ3) is 3.91. The second-order valence-corrected chi connectivity index (χ2v) is 5.48. The lowest BCUT2D eigenvalue weighted by atomic mass is 10.1. The number of nitrogens with zero attached hydrogens (tertiary/aromatic N) is 1. The van der Waals surface area contributed by atoms with Crippen LogP contribution in [0.2, 0.25) is 0 Å². The van der Waals surface area contributed by atoms with E-state index in [0.29, 0.717) is 5.88 Å². The van der Waals surface area contributed by atoms with Gasteiger partial charge in [-0.3, -0.25) is 0 Å². The first-order valence-corrected chi connectivity index (χ1v) is 7.40. The zero-order chi connectivity index (χ0) is 13.7. The average molecular weight is 368 g/mol. The highest BCUT2D eigenvalue weighted by molar-refractivity contribution is 14.1. The van der Waals surface area contributed by atoms with Gasteiger partial charge in [0.1, 0.15) is 5.75 Å². The average Bonchev–Trinajstić information content (AvgIpc) is 2.39. The summed E-state index contributed by atoms with van der Waals surface area (Å²) >= 11 is 2.27. The van der Waals surface area contributed by atoms with E-state index < -0.39 is 0 Å². The largest absolute Gasteiger partial charge is 0.439 e. The Morgan fingerprint density at radius 1 is 1.32 bits per heavy atom. The van der Waals surface area contributed by atoms with E-state index >= 15 is 0 Å². The second kappa shape index (κ2) is 6.86. The van der Waals surface area contributed by atoms with Crippen LogP contribution in [-0.4, -0.2) is 11.5 Å². The van der Waals surface area contributed by atoms with Gasteiger partial charge in [-0.2, -0.15) is 0 Å². The summed E-state index contributed by atoms with van der Waals surface area (Å²) in [4.78, 5) is 4.34. The molecule has 1 aromatic carbocycles. The summed E-state index contributed by atoms with van der Waals surface area (Å²) in [5, 5.41) is 3.38. The van der Waals surface area contributed by atoms with Gasteiger partial charge in [-0.25, -0.2) is 4.98 Å². The Hall–Kier alpha value is -1.14. The molecule has 0 aliphatic rings. The van der Waals surface area contributed by atoms with E-state index in [0.717, 1.165) is 21.4 Å². The Morgan fingerprint density at radius 2 is 2.16 bits per heavy atom. The number of aromatic nitrogens is 1. The molecule has 1 unspecified atom stereocenters. The van der Waals surface area contributed by atoms with Crippen LogP contribution in [-0.2, 0) is 0 Å². The van der Waals surface area contributed by atoms with Crippen molar-refractivity contribution in [2.45, 2.75) is 19.9 Å². The molecule has 2 aromatic rings. The lowest BCUT2D eigenvalue weighted by molar-refractivity contribution is 0.444. The van der Waals surface area contributed by atoms with Crippen molar-refractivity contribution < 1.29 is 4.74 Å². The molecule has 100 valence electrons. The quantitative estimate of drug-likeness (QED) is 0.806. The van der Waals surface area contributed by atoms with Crippen molar-refractivity contribution in [2.75, 3.05) is 6.54 Å². The van der Waals surface area contributed by atoms with Crippen molar-refractivity contribution >= 4 is 22.6 Å². The molecule has 1 heterocycles. The predicted molar refractivity (Wildman–Crippen MR) is 85.6 cm³/mol. The van der Waals surface area contributed by atoms with Gasteiger partial charge in [0.25, 0.3) is 0 Å². The maximum atomic E-state index is 5.90. The van der Waals surface area contributed by atoms with Gasteiger partial charge < -0.3 is 10.1 Å². The molecule has 0 bridgehead atoms. The molecule has 0 radical (unpaired) electrons. The van der Waals surface area contributed by atoms with Gasteiger partial charge >= 0.3 is 0 Å². The van der Waals surface area contributed by atoms with Crippen LogP contribution in [0.25, 0.3) is 0 Å². The van der Waals surface area contributed by atoms with Crippen LogP contribution >= 0.6 is 22.6 Å². The molecule has 2 rings (SSSR count). The van der Waals surface area contributed by atoms with Crippen molar-refractivity contribution in [3.8, 4) is 11.6 Å². The lowest BCUT2D eigenvalue weighted by Gasteiger charge is -2.16. The third-order valence-electron chi connectivity index (χ3n) is 2.79. The fraction of sp³-hybridized carbons (Fsp3) is 0.267. The summed E-state index contributed by atoms with van der Waals surface area (Å²) in [6, 6.07) is 12.2. The van der Waals surface area contributed by atoms with Crippen LogP contribution in [0.1, 0.15) is 25.5 Å². The molecule has 3 nitrogen and oxygen atoms in total. The number of ether oxygens (including phenoxy) is 1. The number of rotatable bonds is 5. The molecule has 4 heteroatoms. The van der Waals surface area contributed by atoms with E-state index in [4.69, 9.17) is 4.74 Å². The Balaban J connectivity index is 2.25. The number of hydrogen-bond acceptors (Lipinski definition) is 3. The Morgan fingerprint density at radius 3 is 2.89 bits per heavy atom. The van der Waals surface area contributed by atoms with Crippen LogP contribution in [0.15, 0.2) is 42.6 Å². The van der Waals surface area contributed by atoms with Crippen LogP contribution in [0, 0.1) is 3.57 Å². The van der Waals surface area contributed by atoms with Gasteiger partial charge in [0.2, 0.25) is 5.88 Å². The highest BCUT2D eigenvalue weighted by atomic mass is 127. The fourth-order valence-electron chi connectivity index (χ4n) is 1.88. The number of benzene rings is 1. The van der Waals surface area contributed by atoms with Gasteiger partial charge in [-0.05, 0) is 60.3 Å². The fourth-order valence-corrected chi connectivity index (χ4v) is 2.39. The van der Waals surface area contributed by atoms with Crippen molar-refractivity contribution in [1.82, 2.24) is 10.3 Å². The van der Waals surface area contributed by atoms with Crippen molar-refractivity contribution in [1.29, 1.82) is 0 Å². The van der Waals surface area contributed by atoms with Crippen LogP contribution in [0.4, 0.5) is 0 Å². The van der Waals surface area contributed by atoms with Crippen molar-refractivity contribution in [3.63, 3.8) is 0 Å². The molecule has 0 aliphatic heterocycles. The van der Waals surface area contributed by atoms with E-state index in [9.17, 15) is 0 Å². The summed E-state index contributed by atoms with van der Waals surface area (Å²) in [5.74, 6) is 1.48. The first-order valence-electron chi connectivity index (χ1n) is 6.32. The van der Waals surface area contributed by atoms with Gasteiger partial charge in [-0.15, -0.1) is 0 Å². The first-order chi connectivity index (χ1) is 9.20. The zero-order valence-electron chi connectivity index (χ0n) is 11.1. The molecule has 0 amide bonds. The minimum atomic E-state index is 0.219. The maximum Gasteiger partial charge on any atom is 0.223 e. The molecule has 19 heavy (non-hydrogen) atoms. The monoisotopic (exact) mass is 368 g/mol. The molecule has 0 saturated carbocycles. The molecular formula is C15H17IN2O. The van der Waals surface area contributed by atoms with Crippen molar-refractivity contribution in [3.05, 3.63) is 51.7 Å². The highest BCUT2D eigenvalue weighted by Crippen LogP contribution is 2.27. The number of pyridine rings is 1. The van der Waals surface area contributed by atoms with Crippen LogP contribution in [0.5, 0.6) is 11.6 Å². The van der Waals surface area contributed by atoms with E-state index in [1.807, 2.05) is 36.4 Å². The van der Waals surface area contributed by atoms with E-state index in [2.05, 4.69) is 46.7 Å². The lowest BCUT2D eigenvalue weighted by Crippen LogP contribution is -2.18. The molecule has 1 aromatic heterocycles. The van der Waals surface area contributed by atoms with E-state index in [-0.39, 0.29) is 6.04 Å². The topological polar surface area (TPSA) is 34.2 Å². The molecule has 0 fully saturated rings. The summed E-state index contributed by atoms with van der Waals surface area (Å²) < 4.78 is 7.05. The number of halogens is 1. The second-order valence-electron chi connectivity index (χ2n) is 4.24. The molecule has 0 saturated heterocycles. The van der Waals surface area contributed by atoms with E-state index in [1.165, 1.54) is 0 Å². The standard InChI is InChI=1S/C15H17IN2O/c1-3-17-11(2)14-8-5-9-18-15(14)19-13-7-4-6-12(16)10-13/h4-11,17H,3H2,1-2H3. The first kappa shape index (κ1) is 14.3. The highest BCUT2D eigenvalue weighted by Gasteiger charge is 2.12. The predicted octanol–water partition coefficient (Wildman–Crippen LogP) is 4.15. The summed E-state index contributed by atoms with van der Waals surface area (Å²) in [5.41, 5.74) is 1.07. The van der Waals surface area contributed by atoms with E-state index in [1.54, 1.807) is 6.20 Å². The Labute approximate surface area is 127 Å². The smallest absolute Gasteiger partial charge is 0.223 e. The maximum absolute atomic E-state index is 5.90. The molecular weight excluding hydrogens is 351 g/mol. The van der Waals surface area contributed by atoms with Crippen molar-refractivity contribution in [2.24, 2.45) is 0 Å². The third-order valence-corrected chi connectivity index (χ3v) is 3.46. The SMILES string of the molecule is CCNC(C)c1cccnc1Oc1cccc(I)c1. The van der Waals surface area contributed by atoms with Gasteiger partial charge in [-0.1, -0.05) is 19.1 Å².